The predicted molar refractivity (Wildman–Crippen MR) is 117 cm³/mol. The van der Waals surface area contributed by atoms with Crippen LogP contribution in [-0.2, 0) is 9.59 Å². The lowest BCUT2D eigenvalue weighted by Crippen LogP contribution is -2.45. The van der Waals surface area contributed by atoms with Crippen LogP contribution in [0.15, 0.2) is 24.3 Å². The number of Topliss-reactive ketones (excluding diaryl/α,β-unsaturated/α-hetero) is 1. The van der Waals surface area contributed by atoms with E-state index in [2.05, 4.69) is 0 Å². The monoisotopic (exact) mass is 417 g/mol. The molecular formula is C23H35N3O4. The maximum absolute atomic E-state index is 12.6. The van der Waals surface area contributed by atoms with Crippen LogP contribution in [0.2, 0.25) is 0 Å². The largest absolute Gasteiger partial charge is 0.490 e. The third-order valence-corrected chi connectivity index (χ3v) is 5.61. The summed E-state index contributed by atoms with van der Waals surface area (Å²) >= 11 is 0. The summed E-state index contributed by atoms with van der Waals surface area (Å²) in [5, 5.41) is 0. The zero-order chi connectivity index (χ0) is 22.3. The Morgan fingerprint density at radius 1 is 1.13 bits per heavy atom. The molecule has 166 valence electrons. The highest BCUT2D eigenvalue weighted by Crippen LogP contribution is 2.21. The number of nitrogens with zero attached hydrogens (tertiary/aromatic N) is 3. The van der Waals surface area contributed by atoms with Gasteiger partial charge in [-0.3, -0.25) is 14.4 Å². The number of carbonyl (C=O) groups is 3. The first-order chi connectivity index (χ1) is 14.2. The van der Waals surface area contributed by atoms with E-state index in [-0.39, 0.29) is 29.6 Å². The molecular weight excluding hydrogens is 382 g/mol. The standard InChI is InChI=1S/C23H35N3O4/c1-6-17(2)21(27)23(29)26-12-10-19(11-13-26)30-20-9-7-8-18(16-20)22(28)25(5)15-14-24(3)4/h7-9,16-17,19H,6,10-15H2,1-5H3/t17-/m0/s1. The van der Waals surface area contributed by atoms with Gasteiger partial charge in [0.2, 0.25) is 5.78 Å². The fourth-order valence-electron chi connectivity index (χ4n) is 3.30. The van der Waals surface area contributed by atoms with Gasteiger partial charge in [0.15, 0.2) is 0 Å². The van der Waals surface area contributed by atoms with E-state index in [0.29, 0.717) is 50.2 Å². The Morgan fingerprint density at radius 2 is 1.80 bits per heavy atom. The Balaban J connectivity index is 1.90. The van der Waals surface area contributed by atoms with Crippen LogP contribution in [0.4, 0.5) is 0 Å². The Kier molecular flexibility index (Phi) is 8.84. The first kappa shape index (κ1) is 23.9. The molecule has 7 heteroatoms. The molecule has 0 N–H and O–H groups in total. The van der Waals surface area contributed by atoms with Crippen molar-refractivity contribution >= 4 is 17.6 Å². The highest BCUT2D eigenvalue weighted by atomic mass is 16.5. The normalized spacial score (nSPS) is 15.7. The van der Waals surface area contributed by atoms with Gasteiger partial charge in [-0.1, -0.05) is 19.9 Å². The number of likely N-dealkylation sites (tertiary alicyclic amines) is 1. The van der Waals surface area contributed by atoms with Crippen molar-refractivity contribution < 1.29 is 19.1 Å². The molecule has 1 aliphatic heterocycles. The molecule has 0 aliphatic carbocycles. The number of ketones is 1. The Labute approximate surface area is 180 Å². The second-order valence-electron chi connectivity index (χ2n) is 8.34. The molecule has 7 nitrogen and oxygen atoms in total. The number of hydrogen-bond donors (Lipinski definition) is 0. The van der Waals surface area contributed by atoms with Gasteiger partial charge in [-0.25, -0.2) is 0 Å². The summed E-state index contributed by atoms with van der Waals surface area (Å²) in [5.41, 5.74) is 0.598. The number of rotatable bonds is 9. The molecule has 1 aromatic carbocycles. The van der Waals surface area contributed by atoms with Crippen molar-refractivity contribution in [3.8, 4) is 5.75 Å². The number of carbonyl (C=O) groups excluding carboxylic acids is 3. The quantitative estimate of drug-likeness (QED) is 0.577. The van der Waals surface area contributed by atoms with Crippen LogP contribution >= 0.6 is 0 Å². The summed E-state index contributed by atoms with van der Waals surface area (Å²) in [6, 6.07) is 7.24. The van der Waals surface area contributed by atoms with E-state index < -0.39 is 0 Å². The molecule has 1 aromatic rings. The van der Waals surface area contributed by atoms with Crippen molar-refractivity contribution in [2.24, 2.45) is 5.92 Å². The van der Waals surface area contributed by atoms with Gasteiger partial charge >= 0.3 is 0 Å². The second-order valence-corrected chi connectivity index (χ2v) is 8.34. The number of hydrogen-bond acceptors (Lipinski definition) is 5. The van der Waals surface area contributed by atoms with Gasteiger partial charge in [0.25, 0.3) is 11.8 Å². The van der Waals surface area contributed by atoms with E-state index in [1.807, 2.05) is 38.1 Å². The number of likely N-dealkylation sites (N-methyl/N-ethyl adjacent to an activating group) is 2. The van der Waals surface area contributed by atoms with E-state index in [4.69, 9.17) is 4.74 Å². The average molecular weight is 418 g/mol. The van der Waals surface area contributed by atoms with Crippen molar-refractivity contribution in [3.63, 3.8) is 0 Å². The summed E-state index contributed by atoms with van der Waals surface area (Å²) < 4.78 is 6.08. The number of benzene rings is 1. The molecule has 0 spiro atoms. The van der Waals surface area contributed by atoms with Crippen LogP contribution < -0.4 is 4.74 Å². The molecule has 1 atom stereocenters. The number of piperidine rings is 1. The lowest BCUT2D eigenvalue weighted by atomic mass is 10.0. The van der Waals surface area contributed by atoms with Crippen molar-refractivity contribution in [3.05, 3.63) is 29.8 Å². The Hall–Kier alpha value is -2.41. The molecule has 2 rings (SSSR count). The molecule has 0 unspecified atom stereocenters. The molecule has 0 saturated carbocycles. The SMILES string of the molecule is CC[C@H](C)C(=O)C(=O)N1CCC(Oc2cccc(C(=O)N(C)CCN(C)C)c2)CC1. The van der Waals surface area contributed by atoms with E-state index in [1.165, 1.54) is 0 Å². The second kappa shape index (κ2) is 11.1. The summed E-state index contributed by atoms with van der Waals surface area (Å²) in [7, 11) is 5.75. The van der Waals surface area contributed by atoms with E-state index in [1.54, 1.807) is 35.9 Å². The van der Waals surface area contributed by atoms with Crippen molar-refractivity contribution in [2.45, 2.75) is 39.2 Å². The van der Waals surface area contributed by atoms with E-state index in [9.17, 15) is 14.4 Å². The third-order valence-electron chi connectivity index (χ3n) is 5.61. The molecule has 2 amide bonds. The van der Waals surface area contributed by atoms with Gasteiger partial charge in [-0.05, 0) is 38.7 Å². The van der Waals surface area contributed by atoms with Gasteiger partial charge in [-0.2, -0.15) is 0 Å². The Bertz CT molecular complexity index is 742. The Morgan fingerprint density at radius 3 is 2.40 bits per heavy atom. The van der Waals surface area contributed by atoms with Crippen LogP contribution in [0.3, 0.4) is 0 Å². The van der Waals surface area contributed by atoms with Gasteiger partial charge in [0.1, 0.15) is 11.9 Å². The summed E-state index contributed by atoms with van der Waals surface area (Å²) in [6.45, 7) is 6.18. The van der Waals surface area contributed by atoms with E-state index in [0.717, 1.165) is 6.54 Å². The predicted octanol–water partition coefficient (Wildman–Crippen LogP) is 2.31. The van der Waals surface area contributed by atoms with Crippen LogP contribution in [0.5, 0.6) is 5.75 Å². The summed E-state index contributed by atoms with van der Waals surface area (Å²) in [4.78, 5) is 42.5. The smallest absolute Gasteiger partial charge is 0.290 e. The summed E-state index contributed by atoms with van der Waals surface area (Å²) in [5.74, 6) is -0.297. The zero-order valence-corrected chi connectivity index (χ0v) is 18.9. The third kappa shape index (κ3) is 6.55. The number of amides is 2. The molecule has 0 bridgehead atoms. The van der Waals surface area contributed by atoms with Crippen molar-refractivity contribution in [1.82, 2.24) is 14.7 Å². The molecule has 0 radical (unpaired) electrons. The van der Waals surface area contributed by atoms with Crippen molar-refractivity contribution in [1.29, 1.82) is 0 Å². The van der Waals surface area contributed by atoms with Crippen molar-refractivity contribution in [2.75, 3.05) is 47.3 Å². The lowest BCUT2D eigenvalue weighted by Gasteiger charge is -2.32. The topological polar surface area (TPSA) is 70.2 Å². The minimum Gasteiger partial charge on any atom is -0.490 e. The van der Waals surface area contributed by atoms with Crippen LogP contribution in [0, 0.1) is 5.92 Å². The minimum absolute atomic E-state index is 0.0359. The molecule has 0 aromatic heterocycles. The highest BCUT2D eigenvalue weighted by molar-refractivity contribution is 6.36. The van der Waals surface area contributed by atoms with Gasteiger partial charge < -0.3 is 19.4 Å². The molecule has 30 heavy (non-hydrogen) atoms. The molecule has 1 fully saturated rings. The van der Waals surface area contributed by atoms with E-state index >= 15 is 0 Å². The highest BCUT2D eigenvalue weighted by Gasteiger charge is 2.29. The lowest BCUT2D eigenvalue weighted by molar-refractivity contribution is -0.147. The first-order valence-electron chi connectivity index (χ1n) is 10.7. The molecule has 1 aliphatic rings. The molecule has 1 heterocycles. The van der Waals surface area contributed by atoms with Gasteiger partial charge in [0.05, 0.1) is 0 Å². The van der Waals surface area contributed by atoms with Gasteiger partial charge in [0, 0.05) is 57.5 Å². The maximum Gasteiger partial charge on any atom is 0.290 e. The minimum atomic E-state index is -0.379. The fourth-order valence-corrected chi connectivity index (χ4v) is 3.30. The van der Waals surface area contributed by atoms with Crippen LogP contribution in [0.1, 0.15) is 43.5 Å². The maximum atomic E-state index is 12.6. The summed E-state index contributed by atoms with van der Waals surface area (Å²) in [6.07, 6.45) is 1.97. The first-order valence-corrected chi connectivity index (χ1v) is 10.7. The van der Waals surface area contributed by atoms with Crippen LogP contribution in [0.25, 0.3) is 0 Å². The molecule has 1 saturated heterocycles. The average Bonchev–Trinajstić information content (AvgIpc) is 2.76. The van der Waals surface area contributed by atoms with Crippen LogP contribution in [-0.4, -0.2) is 85.7 Å². The number of ether oxygens (including phenoxy) is 1. The fraction of sp³-hybridized carbons (Fsp3) is 0.609. The zero-order valence-electron chi connectivity index (χ0n) is 18.9. The van der Waals surface area contributed by atoms with Gasteiger partial charge in [-0.15, -0.1) is 0 Å².